The molecule has 1 N–H and O–H groups in total. The van der Waals surface area contributed by atoms with E-state index < -0.39 is 5.82 Å². The fraction of sp³-hybridized carbons (Fsp3) is 0.333. The van der Waals surface area contributed by atoms with Crippen LogP contribution in [0.4, 0.5) is 4.39 Å². The minimum Gasteiger partial charge on any atom is -0.491 e. The van der Waals surface area contributed by atoms with Gasteiger partial charge in [-0.1, -0.05) is 12.1 Å². The maximum absolute atomic E-state index is 14.6. The summed E-state index contributed by atoms with van der Waals surface area (Å²) in [6, 6.07) is 10.3. The molecule has 3 rings (SSSR count). The summed E-state index contributed by atoms with van der Waals surface area (Å²) >= 11 is 1.48. The molecule has 1 aromatic heterocycles. The van der Waals surface area contributed by atoms with Crippen molar-refractivity contribution in [2.75, 3.05) is 20.3 Å². The number of nitrogens with one attached hydrogen (secondary N) is 1. The lowest BCUT2D eigenvalue weighted by Gasteiger charge is -2.11. The summed E-state index contributed by atoms with van der Waals surface area (Å²) in [5.41, 5.74) is 3.52. The number of fused-ring (bicyclic) bond motifs is 1. The van der Waals surface area contributed by atoms with Gasteiger partial charge in [-0.15, -0.1) is 11.3 Å². The third-order valence-corrected chi connectivity index (χ3v) is 5.12. The molecule has 0 radical (unpaired) electrons. The second kappa shape index (κ2) is 10.1. The van der Waals surface area contributed by atoms with Crippen molar-refractivity contribution in [1.29, 1.82) is 0 Å². The number of hydrogen-bond donors (Lipinski definition) is 1. The molecular formula is C21H23FN2O3S. The number of halogens is 1. The summed E-state index contributed by atoms with van der Waals surface area (Å²) in [6.45, 7) is 1.27. The van der Waals surface area contributed by atoms with Crippen molar-refractivity contribution in [1.82, 2.24) is 10.3 Å². The van der Waals surface area contributed by atoms with E-state index in [1.165, 1.54) is 11.3 Å². The molecule has 0 spiro atoms. The van der Waals surface area contributed by atoms with Crippen molar-refractivity contribution in [2.45, 2.75) is 25.8 Å². The Kier molecular flexibility index (Phi) is 7.33. The lowest BCUT2D eigenvalue weighted by atomic mass is 10.1. The maximum Gasteiger partial charge on any atom is 0.251 e. The van der Waals surface area contributed by atoms with Crippen molar-refractivity contribution in [3.05, 3.63) is 58.9 Å². The summed E-state index contributed by atoms with van der Waals surface area (Å²) in [5, 5.41) is 2.77. The van der Waals surface area contributed by atoms with Crippen LogP contribution in [0.3, 0.4) is 0 Å². The number of benzene rings is 2. The third kappa shape index (κ3) is 5.27. The summed E-state index contributed by atoms with van der Waals surface area (Å²) in [7, 11) is 1.67. The summed E-state index contributed by atoms with van der Waals surface area (Å²) in [5.74, 6) is -0.471. The molecule has 0 aliphatic carbocycles. The van der Waals surface area contributed by atoms with Crippen molar-refractivity contribution in [3.63, 3.8) is 0 Å². The van der Waals surface area contributed by atoms with Gasteiger partial charge in [-0.25, -0.2) is 9.37 Å². The number of ether oxygens (including phenoxy) is 2. The van der Waals surface area contributed by atoms with Crippen molar-refractivity contribution >= 4 is 27.5 Å². The number of hydrogen-bond acceptors (Lipinski definition) is 5. The second-order valence-corrected chi connectivity index (χ2v) is 7.24. The molecule has 0 saturated carbocycles. The quantitative estimate of drug-likeness (QED) is 0.505. The first-order valence-corrected chi connectivity index (χ1v) is 10.1. The molecule has 0 atom stereocenters. The molecule has 0 unspecified atom stereocenters. The summed E-state index contributed by atoms with van der Waals surface area (Å²) < 4.78 is 26.1. The van der Waals surface area contributed by atoms with Crippen LogP contribution >= 0.6 is 11.3 Å². The van der Waals surface area contributed by atoms with Gasteiger partial charge in [0.1, 0.15) is 0 Å². The number of nitrogens with zero attached hydrogens (tertiary/aromatic N) is 1. The Labute approximate surface area is 167 Å². The number of amides is 1. The molecule has 3 aromatic rings. The van der Waals surface area contributed by atoms with Gasteiger partial charge in [0.25, 0.3) is 5.91 Å². The first-order valence-electron chi connectivity index (χ1n) is 9.19. The second-order valence-electron chi connectivity index (χ2n) is 6.35. The lowest BCUT2D eigenvalue weighted by Crippen LogP contribution is -2.23. The first-order chi connectivity index (χ1) is 13.7. The minimum atomic E-state index is -0.433. The van der Waals surface area contributed by atoms with Crippen molar-refractivity contribution < 1.29 is 18.7 Å². The standard InChI is InChI=1S/C21H23FN2O3S/c1-26-10-3-2-4-11-27-18-7-5-6-16(20(18)22)13-23-21(25)15-8-9-17-19(12-15)28-14-24-17/h5-9,12,14H,2-4,10-11,13H2,1H3,(H,23,25). The van der Waals surface area contributed by atoms with Crippen LogP contribution in [0.25, 0.3) is 10.2 Å². The first kappa shape index (κ1) is 20.2. The van der Waals surface area contributed by atoms with E-state index in [-0.39, 0.29) is 18.2 Å². The molecule has 1 amide bonds. The van der Waals surface area contributed by atoms with Gasteiger partial charge in [-0.2, -0.15) is 0 Å². The highest BCUT2D eigenvalue weighted by molar-refractivity contribution is 7.16. The van der Waals surface area contributed by atoms with Crippen molar-refractivity contribution in [2.24, 2.45) is 0 Å². The maximum atomic E-state index is 14.6. The third-order valence-electron chi connectivity index (χ3n) is 4.33. The molecule has 0 fully saturated rings. The van der Waals surface area contributed by atoms with Gasteiger partial charge in [0.15, 0.2) is 11.6 Å². The van der Waals surface area contributed by atoms with Gasteiger partial charge in [0.2, 0.25) is 0 Å². The van der Waals surface area contributed by atoms with Crippen LogP contribution in [0.5, 0.6) is 5.75 Å². The average Bonchev–Trinajstić information content (AvgIpc) is 3.18. The predicted molar refractivity (Wildman–Crippen MR) is 108 cm³/mol. The molecular weight excluding hydrogens is 379 g/mol. The Morgan fingerprint density at radius 1 is 1.18 bits per heavy atom. The summed E-state index contributed by atoms with van der Waals surface area (Å²) in [4.78, 5) is 16.6. The van der Waals surface area contributed by atoms with Gasteiger partial charge in [-0.05, 0) is 43.5 Å². The van der Waals surface area contributed by atoms with Crippen molar-refractivity contribution in [3.8, 4) is 5.75 Å². The highest BCUT2D eigenvalue weighted by atomic mass is 32.1. The van der Waals surface area contributed by atoms with E-state index >= 15 is 0 Å². The number of carbonyl (C=O) groups is 1. The fourth-order valence-electron chi connectivity index (χ4n) is 2.79. The van der Waals surface area contributed by atoms with E-state index in [0.717, 1.165) is 36.1 Å². The van der Waals surface area contributed by atoms with E-state index in [2.05, 4.69) is 10.3 Å². The molecule has 0 aliphatic heterocycles. The van der Waals surface area contributed by atoms with Crippen LogP contribution < -0.4 is 10.1 Å². The number of carbonyl (C=O) groups excluding carboxylic acids is 1. The molecule has 28 heavy (non-hydrogen) atoms. The topological polar surface area (TPSA) is 60.5 Å². The van der Waals surface area contributed by atoms with Gasteiger partial charge in [0, 0.05) is 31.4 Å². The molecule has 0 saturated heterocycles. The number of aromatic nitrogens is 1. The number of thiazole rings is 1. The normalized spacial score (nSPS) is 10.9. The Morgan fingerprint density at radius 2 is 2.04 bits per heavy atom. The van der Waals surface area contributed by atoms with Gasteiger partial charge < -0.3 is 14.8 Å². The predicted octanol–water partition coefficient (Wildman–Crippen LogP) is 4.56. The molecule has 148 valence electrons. The van der Waals surface area contributed by atoms with Gasteiger partial charge in [0.05, 0.1) is 22.3 Å². The summed E-state index contributed by atoms with van der Waals surface area (Å²) in [6.07, 6.45) is 2.76. The average molecular weight is 402 g/mol. The van der Waals surface area contributed by atoms with Gasteiger partial charge >= 0.3 is 0 Å². The van der Waals surface area contributed by atoms with Crippen LogP contribution in [0.15, 0.2) is 41.9 Å². The zero-order valence-corrected chi connectivity index (χ0v) is 16.6. The molecule has 0 aliphatic rings. The highest BCUT2D eigenvalue weighted by Gasteiger charge is 2.12. The van der Waals surface area contributed by atoms with Crippen LogP contribution in [-0.4, -0.2) is 31.2 Å². The Balaban J connectivity index is 1.54. The smallest absolute Gasteiger partial charge is 0.251 e. The van der Waals surface area contributed by atoms with E-state index in [1.807, 2.05) is 6.07 Å². The van der Waals surface area contributed by atoms with E-state index in [0.29, 0.717) is 17.7 Å². The lowest BCUT2D eigenvalue weighted by molar-refractivity contribution is 0.0950. The molecule has 0 bridgehead atoms. The highest BCUT2D eigenvalue weighted by Crippen LogP contribution is 2.22. The number of unbranched alkanes of at least 4 members (excludes halogenated alkanes) is 2. The van der Waals surface area contributed by atoms with E-state index in [9.17, 15) is 9.18 Å². The molecule has 1 heterocycles. The van der Waals surface area contributed by atoms with Crippen LogP contribution in [0, 0.1) is 5.82 Å². The molecule has 7 heteroatoms. The van der Waals surface area contributed by atoms with Gasteiger partial charge in [-0.3, -0.25) is 4.79 Å². The van der Waals surface area contributed by atoms with E-state index in [4.69, 9.17) is 9.47 Å². The fourth-order valence-corrected chi connectivity index (χ4v) is 3.50. The number of methoxy groups -OCH3 is 1. The monoisotopic (exact) mass is 402 g/mol. The zero-order chi connectivity index (χ0) is 19.8. The van der Waals surface area contributed by atoms with Crippen LogP contribution in [0.2, 0.25) is 0 Å². The Bertz CT molecular complexity index is 929. The number of rotatable bonds is 10. The SMILES string of the molecule is COCCCCCOc1cccc(CNC(=O)c2ccc3ncsc3c2)c1F. The zero-order valence-electron chi connectivity index (χ0n) is 15.7. The Morgan fingerprint density at radius 3 is 2.89 bits per heavy atom. The molecule has 2 aromatic carbocycles. The largest absolute Gasteiger partial charge is 0.491 e. The minimum absolute atomic E-state index is 0.0937. The Hall–Kier alpha value is -2.51. The molecule has 5 nitrogen and oxygen atoms in total. The van der Waals surface area contributed by atoms with Crippen LogP contribution in [-0.2, 0) is 11.3 Å². The van der Waals surface area contributed by atoms with Crippen LogP contribution in [0.1, 0.15) is 35.2 Å². The van der Waals surface area contributed by atoms with E-state index in [1.54, 1.807) is 43.0 Å².